The molecule has 7 nitrogen and oxygen atoms in total. The third kappa shape index (κ3) is 3.57. The third-order valence-electron chi connectivity index (χ3n) is 4.12. The number of hydrogen-bond donors (Lipinski definition) is 1. The van der Waals surface area contributed by atoms with Crippen molar-refractivity contribution in [1.82, 2.24) is 9.78 Å². The number of ether oxygens (including phenoxy) is 1. The maximum absolute atomic E-state index is 12.9. The lowest BCUT2D eigenvalue weighted by Crippen LogP contribution is -2.07. The second-order valence-corrected chi connectivity index (χ2v) is 8.92. The van der Waals surface area contributed by atoms with Crippen molar-refractivity contribution in [3.63, 3.8) is 0 Å². The molecule has 0 aliphatic rings. The van der Waals surface area contributed by atoms with E-state index in [4.69, 9.17) is 16.3 Å². The number of carbonyl (C=O) groups is 1. The number of aryl methyl sites for hydroxylation is 2. The first-order chi connectivity index (χ1) is 12.2. The third-order valence-corrected chi connectivity index (χ3v) is 6.82. The highest BCUT2D eigenvalue weighted by molar-refractivity contribution is 7.93. The second kappa shape index (κ2) is 7.67. The van der Waals surface area contributed by atoms with Crippen molar-refractivity contribution in [3.8, 4) is 11.6 Å². The molecule has 142 valence electrons. The van der Waals surface area contributed by atoms with Crippen LogP contribution in [0.2, 0.25) is 5.02 Å². The van der Waals surface area contributed by atoms with Crippen molar-refractivity contribution >= 4 is 32.8 Å². The number of aromatic hydroxyl groups is 1. The molecule has 1 aromatic carbocycles. The molecule has 0 amide bonds. The van der Waals surface area contributed by atoms with Crippen LogP contribution in [0.25, 0.3) is 0 Å². The van der Waals surface area contributed by atoms with Crippen molar-refractivity contribution in [2.45, 2.75) is 20.8 Å². The van der Waals surface area contributed by atoms with Gasteiger partial charge in [-0.15, -0.1) is 0 Å². The number of hydrogen-bond acceptors (Lipinski definition) is 6. The molecule has 1 aromatic heterocycles. The van der Waals surface area contributed by atoms with E-state index in [-0.39, 0.29) is 27.7 Å². The Morgan fingerprint density at radius 3 is 2.46 bits per heavy atom. The summed E-state index contributed by atoms with van der Waals surface area (Å²) >= 11 is 6.44. The van der Waals surface area contributed by atoms with Gasteiger partial charge in [0.2, 0.25) is 11.7 Å². The van der Waals surface area contributed by atoms with Crippen LogP contribution in [0.1, 0.15) is 35.5 Å². The minimum atomic E-state index is -2.51. The molecule has 1 heterocycles. The highest BCUT2D eigenvalue weighted by atomic mass is 35.5. The smallest absolute Gasteiger partial charge is 0.220 e. The molecule has 0 saturated carbocycles. The van der Waals surface area contributed by atoms with Gasteiger partial charge in [0.15, 0.2) is 0 Å². The number of methoxy groups -OCH3 is 1. The predicted octanol–water partition coefficient (Wildman–Crippen LogP) is 3.47. The molecule has 26 heavy (non-hydrogen) atoms. The zero-order valence-corrected chi connectivity index (χ0v) is 16.9. The van der Waals surface area contributed by atoms with Gasteiger partial charge in [-0.1, -0.05) is 25.4 Å². The van der Waals surface area contributed by atoms with Gasteiger partial charge >= 0.3 is 0 Å². The Kier molecular flexibility index (Phi) is 5.98. The number of carbonyl (C=O) groups excluding carboxylic acids is 1. The number of halogens is 1. The standard InChI is InChI=1S/C17H22ClN3O4S/c1-6-26(24,7-2)20-15-12(25-5)9-8-11(14(15)18)16(22)13-10(3)19-21(4)17(13)23/h8-9,23H,6-7H2,1-5H3. The summed E-state index contributed by atoms with van der Waals surface area (Å²) in [6, 6.07) is 3.04. The van der Waals surface area contributed by atoms with Crippen molar-refractivity contribution in [3.05, 3.63) is 34.0 Å². The topological polar surface area (TPSA) is 93.8 Å². The molecular weight excluding hydrogens is 378 g/mol. The highest BCUT2D eigenvalue weighted by Gasteiger charge is 2.26. The summed E-state index contributed by atoms with van der Waals surface area (Å²) in [5.41, 5.74) is 0.754. The Labute approximate surface area is 158 Å². The SMILES string of the molecule is CCS(=O)(CC)=Nc1c(OC)ccc(C(=O)c2c(C)nn(C)c2O)c1Cl. The maximum atomic E-state index is 12.9. The van der Waals surface area contributed by atoms with Gasteiger partial charge in [0.1, 0.15) is 17.0 Å². The lowest BCUT2D eigenvalue weighted by molar-refractivity contribution is 0.103. The van der Waals surface area contributed by atoms with Crippen LogP contribution in [-0.4, -0.2) is 43.5 Å². The Bertz CT molecular complexity index is 965. The average Bonchev–Trinajstić information content (AvgIpc) is 2.88. The van der Waals surface area contributed by atoms with Gasteiger partial charge in [-0.25, -0.2) is 8.89 Å². The fourth-order valence-corrected chi connectivity index (χ4v) is 4.03. The molecule has 2 aromatic rings. The van der Waals surface area contributed by atoms with E-state index >= 15 is 0 Å². The second-order valence-electron chi connectivity index (χ2n) is 5.66. The van der Waals surface area contributed by atoms with Crippen LogP contribution < -0.4 is 4.74 Å². The number of rotatable bonds is 6. The van der Waals surface area contributed by atoms with Crippen molar-refractivity contribution in [2.24, 2.45) is 11.4 Å². The van der Waals surface area contributed by atoms with Crippen molar-refractivity contribution in [1.29, 1.82) is 0 Å². The lowest BCUT2D eigenvalue weighted by atomic mass is 10.0. The van der Waals surface area contributed by atoms with Crippen LogP contribution in [0.3, 0.4) is 0 Å². The fourth-order valence-electron chi connectivity index (χ4n) is 2.52. The van der Waals surface area contributed by atoms with E-state index in [0.717, 1.165) is 0 Å². The van der Waals surface area contributed by atoms with Gasteiger partial charge < -0.3 is 9.84 Å². The molecule has 0 spiro atoms. The van der Waals surface area contributed by atoms with Gasteiger partial charge in [-0.2, -0.15) is 9.46 Å². The van der Waals surface area contributed by atoms with Gasteiger partial charge in [-0.3, -0.25) is 4.79 Å². The summed E-state index contributed by atoms with van der Waals surface area (Å²) in [4.78, 5) is 12.9. The first-order valence-electron chi connectivity index (χ1n) is 8.05. The zero-order valence-electron chi connectivity index (χ0n) is 15.4. The molecule has 1 N–H and O–H groups in total. The summed E-state index contributed by atoms with van der Waals surface area (Å²) in [5.74, 6) is 0.293. The lowest BCUT2D eigenvalue weighted by Gasteiger charge is -2.12. The van der Waals surface area contributed by atoms with Crippen LogP contribution in [0, 0.1) is 6.92 Å². The summed E-state index contributed by atoms with van der Waals surface area (Å²) < 4.78 is 23.6. The van der Waals surface area contributed by atoms with Gasteiger partial charge in [0.25, 0.3) is 0 Å². The molecular formula is C17H22ClN3O4S. The molecule has 0 atom stereocenters. The molecule has 0 fully saturated rings. The minimum Gasteiger partial charge on any atom is -0.494 e. The Morgan fingerprint density at radius 2 is 2.00 bits per heavy atom. The maximum Gasteiger partial charge on any atom is 0.220 e. The predicted molar refractivity (Wildman–Crippen MR) is 102 cm³/mol. The van der Waals surface area contributed by atoms with E-state index in [0.29, 0.717) is 22.9 Å². The van der Waals surface area contributed by atoms with Crippen LogP contribution in [0.15, 0.2) is 16.5 Å². The summed E-state index contributed by atoms with van der Waals surface area (Å²) in [7, 11) is 0.473. The number of ketones is 1. The Hall–Kier alpha value is -2.06. The molecule has 0 aliphatic carbocycles. The molecule has 0 bridgehead atoms. The number of aromatic nitrogens is 2. The van der Waals surface area contributed by atoms with Gasteiger partial charge in [-0.05, 0) is 19.1 Å². The van der Waals surface area contributed by atoms with Crippen molar-refractivity contribution in [2.75, 3.05) is 18.6 Å². The number of nitrogens with zero attached hydrogens (tertiary/aromatic N) is 3. The summed E-state index contributed by atoms with van der Waals surface area (Å²) in [6.07, 6.45) is 0. The molecule has 2 rings (SSSR count). The molecule has 0 radical (unpaired) electrons. The Balaban J connectivity index is 2.72. The van der Waals surface area contributed by atoms with Crippen molar-refractivity contribution < 1.29 is 18.8 Å². The first-order valence-corrected chi connectivity index (χ1v) is 10.3. The van der Waals surface area contributed by atoms with E-state index in [1.165, 1.54) is 24.9 Å². The summed E-state index contributed by atoms with van der Waals surface area (Å²) in [5, 5.41) is 14.2. The van der Waals surface area contributed by atoms with Crippen LogP contribution >= 0.6 is 11.6 Å². The van der Waals surface area contributed by atoms with E-state index in [2.05, 4.69) is 9.46 Å². The minimum absolute atomic E-state index is 0.0339. The number of benzene rings is 1. The molecule has 0 saturated heterocycles. The van der Waals surface area contributed by atoms with Crippen LogP contribution in [0.5, 0.6) is 11.6 Å². The largest absolute Gasteiger partial charge is 0.494 e. The molecule has 9 heteroatoms. The average molecular weight is 400 g/mol. The van der Waals surface area contributed by atoms with Crippen LogP contribution in [-0.2, 0) is 16.8 Å². The monoisotopic (exact) mass is 399 g/mol. The van der Waals surface area contributed by atoms with Crippen LogP contribution in [0.4, 0.5) is 5.69 Å². The zero-order chi connectivity index (χ0) is 19.6. The van der Waals surface area contributed by atoms with Gasteiger partial charge in [0, 0.05) is 24.1 Å². The van der Waals surface area contributed by atoms with E-state index in [1.807, 2.05) is 0 Å². The fraction of sp³-hybridized carbons (Fsp3) is 0.412. The van der Waals surface area contributed by atoms with E-state index in [9.17, 15) is 14.1 Å². The van der Waals surface area contributed by atoms with Gasteiger partial charge in [0.05, 0.1) is 27.6 Å². The quantitative estimate of drug-likeness (QED) is 0.750. The molecule has 0 unspecified atom stereocenters. The first kappa shape index (κ1) is 20.3. The molecule has 0 aliphatic heterocycles. The Morgan fingerprint density at radius 1 is 1.38 bits per heavy atom. The normalized spacial score (nSPS) is 11.5. The van der Waals surface area contributed by atoms with E-state index < -0.39 is 15.5 Å². The highest BCUT2D eigenvalue weighted by Crippen LogP contribution is 2.40. The van der Waals surface area contributed by atoms with E-state index in [1.54, 1.807) is 26.8 Å². The summed E-state index contributed by atoms with van der Waals surface area (Å²) in [6.45, 7) is 5.18.